The maximum absolute atomic E-state index is 12.0. The fourth-order valence-electron chi connectivity index (χ4n) is 2.56. The number of ketones is 1. The van der Waals surface area contributed by atoms with Crippen molar-refractivity contribution in [3.8, 4) is 5.75 Å². The molecule has 2 aromatic rings. The van der Waals surface area contributed by atoms with Crippen LogP contribution in [0.3, 0.4) is 0 Å². The number of hydrogen-bond donors (Lipinski definition) is 1. The Hall–Kier alpha value is -2.04. The number of halogens is 2. The number of hydrogen-bond acceptors (Lipinski definition) is 3. The highest BCUT2D eigenvalue weighted by Gasteiger charge is 2.22. The minimum atomic E-state index is -0.328. The number of nitrogens with one attached hydrogen (secondary N) is 1. The largest absolute Gasteiger partial charge is 0.483 e. The second-order valence-electron chi connectivity index (χ2n) is 5.20. The molecule has 0 atom stereocenters. The van der Waals surface area contributed by atoms with E-state index in [0.717, 1.165) is 5.56 Å². The molecule has 4 nitrogen and oxygen atoms in total. The van der Waals surface area contributed by atoms with E-state index in [0.29, 0.717) is 39.9 Å². The third kappa shape index (κ3) is 3.66. The van der Waals surface area contributed by atoms with Gasteiger partial charge < -0.3 is 10.1 Å². The maximum atomic E-state index is 12.0. The fraction of sp³-hybridized carbons (Fsp3) is 0.176. The number of amides is 1. The summed E-state index contributed by atoms with van der Waals surface area (Å²) in [7, 11) is 0. The van der Waals surface area contributed by atoms with E-state index in [1.165, 1.54) is 0 Å². The van der Waals surface area contributed by atoms with E-state index in [1.807, 2.05) is 0 Å². The number of carbonyl (C=O) groups is 2. The molecule has 3 rings (SSSR count). The minimum Gasteiger partial charge on any atom is -0.483 e. The quantitative estimate of drug-likeness (QED) is 0.902. The number of ether oxygens (including phenoxy) is 1. The summed E-state index contributed by atoms with van der Waals surface area (Å²) < 4.78 is 5.56. The highest BCUT2D eigenvalue weighted by Crippen LogP contribution is 2.30. The van der Waals surface area contributed by atoms with E-state index in [9.17, 15) is 9.59 Å². The fourth-order valence-corrected chi connectivity index (χ4v) is 3.09. The highest BCUT2D eigenvalue weighted by molar-refractivity contribution is 6.35. The van der Waals surface area contributed by atoms with E-state index in [1.54, 1.807) is 36.4 Å². The van der Waals surface area contributed by atoms with Crippen LogP contribution in [0.4, 0.5) is 5.69 Å². The SMILES string of the molecule is O=C(COc1cccc2c1CCC2=O)Nc1cc(Cl)cc(Cl)c1. The number of fused-ring (bicyclic) bond motifs is 1. The summed E-state index contributed by atoms with van der Waals surface area (Å²) in [5.74, 6) is 0.362. The van der Waals surface area contributed by atoms with Gasteiger partial charge in [0.05, 0.1) is 0 Å². The molecule has 0 bridgehead atoms. The molecule has 0 heterocycles. The summed E-state index contributed by atoms with van der Waals surface area (Å²) in [5, 5.41) is 3.55. The topological polar surface area (TPSA) is 55.4 Å². The van der Waals surface area contributed by atoms with Crippen LogP contribution in [-0.2, 0) is 11.2 Å². The first-order valence-electron chi connectivity index (χ1n) is 7.07. The molecule has 1 amide bonds. The molecule has 1 N–H and O–H groups in total. The van der Waals surface area contributed by atoms with Crippen molar-refractivity contribution in [2.75, 3.05) is 11.9 Å². The molecule has 23 heavy (non-hydrogen) atoms. The Morgan fingerprint density at radius 3 is 2.61 bits per heavy atom. The molecule has 0 saturated heterocycles. The van der Waals surface area contributed by atoms with E-state index in [4.69, 9.17) is 27.9 Å². The summed E-state index contributed by atoms with van der Waals surface area (Å²) >= 11 is 11.8. The van der Waals surface area contributed by atoms with Gasteiger partial charge in [0.2, 0.25) is 0 Å². The van der Waals surface area contributed by atoms with Crippen molar-refractivity contribution < 1.29 is 14.3 Å². The van der Waals surface area contributed by atoms with Gasteiger partial charge in [0.15, 0.2) is 12.4 Å². The molecular weight excluding hydrogens is 337 g/mol. The summed E-state index contributed by atoms with van der Waals surface area (Å²) in [6.45, 7) is -0.158. The van der Waals surface area contributed by atoms with Gasteiger partial charge in [-0.25, -0.2) is 0 Å². The molecule has 0 saturated carbocycles. The van der Waals surface area contributed by atoms with Gasteiger partial charge in [0.1, 0.15) is 5.75 Å². The van der Waals surface area contributed by atoms with Crippen LogP contribution in [0.2, 0.25) is 10.0 Å². The van der Waals surface area contributed by atoms with Gasteiger partial charge >= 0.3 is 0 Å². The number of rotatable bonds is 4. The van der Waals surface area contributed by atoms with E-state index >= 15 is 0 Å². The summed E-state index contributed by atoms with van der Waals surface area (Å²) in [6, 6.07) is 10.1. The monoisotopic (exact) mass is 349 g/mol. The van der Waals surface area contributed by atoms with Crippen molar-refractivity contribution in [2.24, 2.45) is 0 Å². The lowest BCUT2D eigenvalue weighted by molar-refractivity contribution is -0.118. The predicted molar refractivity (Wildman–Crippen MR) is 89.7 cm³/mol. The van der Waals surface area contributed by atoms with Crippen LogP contribution in [0, 0.1) is 0 Å². The van der Waals surface area contributed by atoms with Crippen molar-refractivity contribution in [3.05, 3.63) is 57.6 Å². The molecule has 0 spiro atoms. The molecule has 0 fully saturated rings. The first-order valence-corrected chi connectivity index (χ1v) is 7.82. The lowest BCUT2D eigenvalue weighted by atomic mass is 10.1. The van der Waals surface area contributed by atoms with Crippen molar-refractivity contribution in [1.29, 1.82) is 0 Å². The Balaban J connectivity index is 1.65. The normalized spacial score (nSPS) is 12.9. The summed E-state index contributed by atoms with van der Waals surface area (Å²) in [4.78, 5) is 23.7. The summed E-state index contributed by atoms with van der Waals surface area (Å²) in [5.41, 5.74) is 2.06. The zero-order valence-electron chi connectivity index (χ0n) is 12.1. The van der Waals surface area contributed by atoms with Gasteiger partial charge in [0.25, 0.3) is 5.91 Å². The van der Waals surface area contributed by atoms with E-state index in [-0.39, 0.29) is 18.3 Å². The van der Waals surface area contributed by atoms with Gasteiger partial charge in [-0.05, 0) is 30.7 Å². The maximum Gasteiger partial charge on any atom is 0.262 e. The van der Waals surface area contributed by atoms with Crippen LogP contribution >= 0.6 is 23.2 Å². The molecule has 0 unspecified atom stereocenters. The number of benzene rings is 2. The van der Waals surface area contributed by atoms with Crippen LogP contribution < -0.4 is 10.1 Å². The molecule has 2 aromatic carbocycles. The van der Waals surface area contributed by atoms with Gasteiger partial charge in [0, 0.05) is 33.3 Å². The Bertz CT molecular complexity index is 769. The van der Waals surface area contributed by atoms with Gasteiger partial charge in [-0.1, -0.05) is 35.3 Å². The average Bonchev–Trinajstić information content (AvgIpc) is 2.86. The van der Waals surface area contributed by atoms with Crippen LogP contribution in [0.15, 0.2) is 36.4 Å². The van der Waals surface area contributed by atoms with Gasteiger partial charge in [-0.3, -0.25) is 9.59 Å². The highest BCUT2D eigenvalue weighted by atomic mass is 35.5. The van der Waals surface area contributed by atoms with Crippen LogP contribution in [-0.4, -0.2) is 18.3 Å². The van der Waals surface area contributed by atoms with Crippen LogP contribution in [0.1, 0.15) is 22.3 Å². The van der Waals surface area contributed by atoms with Gasteiger partial charge in [-0.2, -0.15) is 0 Å². The average molecular weight is 350 g/mol. The third-order valence-corrected chi connectivity index (χ3v) is 3.98. The van der Waals surface area contributed by atoms with Crippen molar-refractivity contribution in [3.63, 3.8) is 0 Å². The van der Waals surface area contributed by atoms with Crippen molar-refractivity contribution in [1.82, 2.24) is 0 Å². The van der Waals surface area contributed by atoms with Crippen molar-refractivity contribution in [2.45, 2.75) is 12.8 Å². The standard InChI is InChI=1S/C17H13Cl2NO3/c18-10-6-11(19)8-12(7-10)20-17(22)9-23-16-3-1-2-13-14(16)4-5-15(13)21/h1-3,6-8H,4-5,9H2,(H,20,22). The molecule has 0 aromatic heterocycles. The molecule has 0 aliphatic heterocycles. The molecule has 118 valence electrons. The number of anilines is 1. The van der Waals surface area contributed by atoms with Gasteiger partial charge in [-0.15, -0.1) is 0 Å². The predicted octanol–water partition coefficient (Wildman–Crippen LogP) is 4.14. The van der Waals surface area contributed by atoms with E-state index in [2.05, 4.69) is 5.32 Å². The number of Topliss-reactive ketones (excluding diaryl/α,β-unsaturated/α-hetero) is 1. The Labute approximate surface area is 143 Å². The Morgan fingerprint density at radius 1 is 1.13 bits per heavy atom. The van der Waals surface area contributed by atoms with E-state index < -0.39 is 0 Å². The molecular formula is C17H13Cl2NO3. The second kappa shape index (κ2) is 6.60. The third-order valence-electron chi connectivity index (χ3n) is 3.54. The molecule has 1 aliphatic carbocycles. The lowest BCUT2D eigenvalue weighted by Gasteiger charge is -2.11. The molecule has 1 aliphatic rings. The van der Waals surface area contributed by atoms with Crippen LogP contribution in [0.5, 0.6) is 5.75 Å². The Kier molecular flexibility index (Phi) is 4.55. The number of carbonyl (C=O) groups excluding carboxylic acids is 2. The zero-order valence-corrected chi connectivity index (χ0v) is 13.6. The Morgan fingerprint density at radius 2 is 1.87 bits per heavy atom. The second-order valence-corrected chi connectivity index (χ2v) is 6.07. The summed E-state index contributed by atoms with van der Waals surface area (Å²) in [6.07, 6.45) is 1.14. The molecule has 6 heteroatoms. The molecule has 0 radical (unpaired) electrons. The first kappa shape index (κ1) is 15.8. The van der Waals surface area contributed by atoms with Crippen LogP contribution in [0.25, 0.3) is 0 Å². The first-order chi connectivity index (χ1) is 11.0. The minimum absolute atomic E-state index is 0.114. The smallest absolute Gasteiger partial charge is 0.262 e. The zero-order chi connectivity index (χ0) is 16.4. The van der Waals surface area contributed by atoms with Crippen molar-refractivity contribution >= 4 is 40.6 Å². The lowest BCUT2D eigenvalue weighted by Crippen LogP contribution is -2.20.